The number of halogens is 1. The summed E-state index contributed by atoms with van der Waals surface area (Å²) in [6.45, 7) is -0.127. The van der Waals surface area contributed by atoms with E-state index in [1.807, 2.05) is 6.07 Å². The van der Waals surface area contributed by atoms with Crippen molar-refractivity contribution in [1.82, 2.24) is 14.8 Å². The van der Waals surface area contributed by atoms with Crippen molar-refractivity contribution in [1.29, 1.82) is 5.26 Å². The van der Waals surface area contributed by atoms with Gasteiger partial charge in [-0.25, -0.2) is 13.4 Å². The lowest BCUT2D eigenvalue weighted by atomic mass is 10.3. The number of hydrogen-bond acceptors (Lipinski definition) is 6. The SMILES string of the molecule is N#Cc1cnn(-c2ccccn2)c1N1CC(S(=O)(=O)Cl)CC1=O. The molecule has 3 heterocycles. The van der Waals surface area contributed by atoms with Gasteiger partial charge in [0.2, 0.25) is 15.0 Å². The van der Waals surface area contributed by atoms with Gasteiger partial charge in [0, 0.05) is 29.8 Å². The van der Waals surface area contributed by atoms with E-state index in [0.717, 1.165) is 0 Å². The summed E-state index contributed by atoms with van der Waals surface area (Å²) in [4.78, 5) is 17.6. The van der Waals surface area contributed by atoms with Crippen LogP contribution < -0.4 is 4.90 Å². The number of carbonyl (C=O) groups is 1. The lowest BCUT2D eigenvalue weighted by Crippen LogP contribution is -2.29. The molecule has 10 heteroatoms. The highest BCUT2D eigenvalue weighted by atomic mass is 35.7. The van der Waals surface area contributed by atoms with Gasteiger partial charge < -0.3 is 0 Å². The molecule has 0 spiro atoms. The van der Waals surface area contributed by atoms with Gasteiger partial charge in [-0.05, 0) is 12.1 Å². The minimum Gasteiger partial charge on any atom is -0.294 e. The highest BCUT2D eigenvalue weighted by Crippen LogP contribution is 2.30. The summed E-state index contributed by atoms with van der Waals surface area (Å²) < 4.78 is 24.3. The van der Waals surface area contributed by atoms with E-state index in [1.54, 1.807) is 24.4 Å². The number of nitrogens with zero attached hydrogens (tertiary/aromatic N) is 5. The number of anilines is 1. The molecule has 2 aromatic heterocycles. The Balaban J connectivity index is 2.08. The first-order valence-electron chi connectivity index (χ1n) is 6.55. The number of hydrogen-bond donors (Lipinski definition) is 0. The van der Waals surface area contributed by atoms with E-state index in [-0.39, 0.29) is 24.3 Å². The fraction of sp³-hybridized carbons (Fsp3) is 0.231. The maximum absolute atomic E-state index is 12.2. The van der Waals surface area contributed by atoms with Crippen molar-refractivity contribution in [2.75, 3.05) is 11.4 Å². The summed E-state index contributed by atoms with van der Waals surface area (Å²) in [6.07, 6.45) is 2.62. The van der Waals surface area contributed by atoms with Gasteiger partial charge in [0.05, 0.1) is 6.20 Å². The fourth-order valence-electron chi connectivity index (χ4n) is 2.40. The van der Waals surface area contributed by atoms with Crippen molar-refractivity contribution in [2.24, 2.45) is 0 Å². The molecule has 0 radical (unpaired) electrons. The third-order valence-corrected chi connectivity index (χ3v) is 5.34. The molecule has 1 amide bonds. The third kappa shape index (κ3) is 2.78. The molecule has 23 heavy (non-hydrogen) atoms. The third-order valence-electron chi connectivity index (χ3n) is 3.47. The zero-order valence-electron chi connectivity index (χ0n) is 11.6. The lowest BCUT2D eigenvalue weighted by Gasteiger charge is -2.17. The molecule has 3 rings (SSSR count). The van der Waals surface area contributed by atoms with E-state index in [9.17, 15) is 18.5 Å². The Labute approximate surface area is 136 Å². The second-order valence-corrected chi connectivity index (χ2v) is 7.81. The smallest absolute Gasteiger partial charge is 0.237 e. The molecule has 0 aromatic carbocycles. The van der Waals surface area contributed by atoms with Gasteiger partial charge in [-0.2, -0.15) is 15.0 Å². The molecule has 2 aromatic rings. The predicted molar refractivity (Wildman–Crippen MR) is 81.6 cm³/mol. The van der Waals surface area contributed by atoms with E-state index in [1.165, 1.54) is 15.8 Å². The number of amides is 1. The van der Waals surface area contributed by atoms with Crippen LogP contribution in [0, 0.1) is 11.3 Å². The van der Waals surface area contributed by atoms with Crippen LogP contribution >= 0.6 is 10.7 Å². The van der Waals surface area contributed by atoms with Crippen LogP contribution in [-0.2, 0) is 13.8 Å². The molecule has 1 aliphatic rings. The first-order chi connectivity index (χ1) is 10.9. The molecule has 1 saturated heterocycles. The maximum atomic E-state index is 12.2. The number of aromatic nitrogens is 3. The van der Waals surface area contributed by atoms with Crippen LogP contribution in [0.5, 0.6) is 0 Å². The van der Waals surface area contributed by atoms with Gasteiger partial charge >= 0.3 is 0 Å². The number of rotatable bonds is 3. The number of pyridine rings is 1. The van der Waals surface area contributed by atoms with E-state index in [2.05, 4.69) is 10.1 Å². The lowest BCUT2D eigenvalue weighted by molar-refractivity contribution is -0.117. The molecule has 118 valence electrons. The molecule has 0 aliphatic carbocycles. The van der Waals surface area contributed by atoms with Crippen LogP contribution in [-0.4, -0.2) is 40.9 Å². The summed E-state index contributed by atoms with van der Waals surface area (Å²) in [5.74, 6) is 0.168. The van der Waals surface area contributed by atoms with Gasteiger partial charge in [-0.1, -0.05) is 6.07 Å². The normalized spacial score (nSPS) is 18.2. The molecule has 1 fully saturated rings. The van der Waals surface area contributed by atoms with Crippen molar-refractivity contribution in [3.8, 4) is 11.9 Å². The molecule has 1 aliphatic heterocycles. The molecular formula is C13H10ClN5O3S. The van der Waals surface area contributed by atoms with Gasteiger partial charge in [-0.3, -0.25) is 9.69 Å². The van der Waals surface area contributed by atoms with E-state index >= 15 is 0 Å². The van der Waals surface area contributed by atoms with Crippen molar-refractivity contribution in [2.45, 2.75) is 11.7 Å². The minimum atomic E-state index is -3.87. The summed E-state index contributed by atoms with van der Waals surface area (Å²) in [7, 11) is 1.48. The fourth-order valence-corrected chi connectivity index (χ4v) is 3.42. The average molecular weight is 352 g/mol. The van der Waals surface area contributed by atoms with Crippen molar-refractivity contribution in [3.05, 3.63) is 36.2 Å². The van der Waals surface area contributed by atoms with Crippen LogP contribution in [0.15, 0.2) is 30.6 Å². The Kier molecular flexibility index (Phi) is 3.79. The monoisotopic (exact) mass is 351 g/mol. The first-order valence-corrected chi connectivity index (χ1v) is 8.92. The standard InChI is InChI=1S/C13H10ClN5O3S/c14-23(21,22)10-5-12(20)18(8-10)13-9(6-15)7-17-19(13)11-3-1-2-4-16-11/h1-4,7,10H,5,8H2. The second-order valence-electron chi connectivity index (χ2n) is 4.90. The zero-order chi connectivity index (χ0) is 16.6. The molecular weight excluding hydrogens is 342 g/mol. The number of carbonyl (C=O) groups excluding carboxylic acids is 1. The van der Waals surface area contributed by atoms with Crippen LogP contribution in [0.4, 0.5) is 5.82 Å². The molecule has 0 bridgehead atoms. The van der Waals surface area contributed by atoms with Crippen molar-refractivity contribution >= 4 is 31.5 Å². The molecule has 0 saturated carbocycles. The summed E-state index contributed by atoms with van der Waals surface area (Å²) >= 11 is 0. The van der Waals surface area contributed by atoms with Gasteiger partial charge in [0.25, 0.3) is 0 Å². The molecule has 1 atom stereocenters. The Morgan fingerprint density at radius 2 is 2.17 bits per heavy atom. The van der Waals surface area contributed by atoms with Crippen LogP contribution in [0.25, 0.3) is 5.82 Å². The van der Waals surface area contributed by atoms with E-state index < -0.39 is 20.2 Å². The predicted octanol–water partition coefficient (Wildman–Crippen LogP) is 0.813. The minimum absolute atomic E-state index is 0.127. The molecule has 8 nitrogen and oxygen atoms in total. The van der Waals surface area contributed by atoms with E-state index in [4.69, 9.17) is 10.7 Å². The van der Waals surface area contributed by atoms with Gasteiger partial charge in [-0.15, -0.1) is 0 Å². The quantitative estimate of drug-likeness (QED) is 0.757. The van der Waals surface area contributed by atoms with Crippen LogP contribution in [0.3, 0.4) is 0 Å². The van der Waals surface area contributed by atoms with Gasteiger partial charge in [0.1, 0.15) is 16.9 Å². The Bertz CT molecular complexity index is 903. The van der Waals surface area contributed by atoms with Crippen LogP contribution in [0.1, 0.15) is 12.0 Å². The van der Waals surface area contributed by atoms with E-state index in [0.29, 0.717) is 5.82 Å². The zero-order valence-corrected chi connectivity index (χ0v) is 13.2. The highest BCUT2D eigenvalue weighted by molar-refractivity contribution is 8.14. The first kappa shape index (κ1) is 15.5. The molecule has 1 unspecified atom stereocenters. The summed E-state index contributed by atoms with van der Waals surface area (Å²) in [6, 6.07) is 7.06. The molecule has 0 N–H and O–H groups in total. The largest absolute Gasteiger partial charge is 0.294 e. The van der Waals surface area contributed by atoms with Crippen molar-refractivity contribution < 1.29 is 13.2 Å². The summed E-state index contributed by atoms with van der Waals surface area (Å²) in [5.41, 5.74) is 0.150. The van der Waals surface area contributed by atoms with Crippen LogP contribution in [0.2, 0.25) is 0 Å². The maximum Gasteiger partial charge on any atom is 0.237 e. The van der Waals surface area contributed by atoms with Gasteiger partial charge in [0.15, 0.2) is 11.6 Å². The topological polar surface area (TPSA) is 109 Å². The average Bonchev–Trinajstić information content (AvgIpc) is 3.10. The number of nitriles is 1. The summed E-state index contributed by atoms with van der Waals surface area (Å²) in [5, 5.41) is 12.3. The highest BCUT2D eigenvalue weighted by Gasteiger charge is 2.40. The second kappa shape index (κ2) is 5.64. The van der Waals surface area contributed by atoms with Crippen molar-refractivity contribution in [3.63, 3.8) is 0 Å². The Morgan fingerprint density at radius 3 is 2.74 bits per heavy atom. The Hall–Kier alpha value is -2.44. The Morgan fingerprint density at radius 1 is 1.39 bits per heavy atom.